The Hall–Kier alpha value is -1.62. The van der Waals surface area contributed by atoms with Gasteiger partial charge in [0, 0.05) is 25.3 Å². The smallest absolute Gasteiger partial charge is 0.243 e. The van der Waals surface area contributed by atoms with Crippen LogP contribution in [-0.2, 0) is 0 Å². The lowest BCUT2D eigenvalue weighted by molar-refractivity contribution is 0.601. The summed E-state index contributed by atoms with van der Waals surface area (Å²) in [5.74, 6) is 0.678. The van der Waals surface area contributed by atoms with Crippen molar-refractivity contribution in [2.45, 2.75) is 19.9 Å². The number of nitrogens with zero attached hydrogens (tertiary/aromatic N) is 3. The second-order valence-electron chi connectivity index (χ2n) is 3.97. The zero-order chi connectivity index (χ0) is 11.4. The SMILES string of the molecule is CC(C)NCCNc1nc2ccccn2n1. The van der Waals surface area contributed by atoms with Crippen molar-refractivity contribution < 1.29 is 0 Å². The molecule has 0 amide bonds. The third-order valence-electron chi connectivity index (χ3n) is 2.20. The Morgan fingerprint density at radius 2 is 2.19 bits per heavy atom. The van der Waals surface area contributed by atoms with Crippen molar-refractivity contribution in [1.82, 2.24) is 19.9 Å². The van der Waals surface area contributed by atoms with Crippen molar-refractivity contribution in [3.63, 3.8) is 0 Å². The summed E-state index contributed by atoms with van der Waals surface area (Å²) in [6.45, 7) is 5.99. The minimum absolute atomic E-state index is 0.510. The van der Waals surface area contributed by atoms with E-state index in [1.165, 1.54) is 0 Å². The van der Waals surface area contributed by atoms with Gasteiger partial charge in [-0.1, -0.05) is 19.9 Å². The quantitative estimate of drug-likeness (QED) is 0.740. The van der Waals surface area contributed by atoms with Gasteiger partial charge >= 0.3 is 0 Å². The van der Waals surface area contributed by atoms with Crippen molar-refractivity contribution >= 4 is 11.6 Å². The molecule has 2 N–H and O–H groups in total. The van der Waals surface area contributed by atoms with E-state index < -0.39 is 0 Å². The van der Waals surface area contributed by atoms with E-state index in [4.69, 9.17) is 0 Å². The summed E-state index contributed by atoms with van der Waals surface area (Å²) in [6.07, 6.45) is 1.89. The number of anilines is 1. The molecule has 2 aromatic heterocycles. The average Bonchev–Trinajstić information content (AvgIpc) is 2.66. The van der Waals surface area contributed by atoms with E-state index >= 15 is 0 Å². The fraction of sp³-hybridized carbons (Fsp3) is 0.455. The highest BCUT2D eigenvalue weighted by Gasteiger charge is 2.00. The Bertz CT molecular complexity index is 415. The first kappa shape index (κ1) is 10.9. The molecule has 0 aliphatic carbocycles. The minimum Gasteiger partial charge on any atom is -0.352 e. The second kappa shape index (κ2) is 4.94. The van der Waals surface area contributed by atoms with Gasteiger partial charge in [0.1, 0.15) is 0 Å². The summed E-state index contributed by atoms with van der Waals surface area (Å²) >= 11 is 0. The van der Waals surface area contributed by atoms with E-state index in [0.717, 1.165) is 18.7 Å². The zero-order valence-electron chi connectivity index (χ0n) is 9.64. The van der Waals surface area contributed by atoms with Crippen molar-refractivity contribution in [2.24, 2.45) is 0 Å². The van der Waals surface area contributed by atoms with E-state index in [9.17, 15) is 0 Å². The molecule has 0 aliphatic rings. The Kier molecular flexibility index (Phi) is 3.36. The molecule has 5 heteroatoms. The summed E-state index contributed by atoms with van der Waals surface area (Å²) in [5, 5.41) is 10.8. The van der Waals surface area contributed by atoms with Crippen LogP contribution in [-0.4, -0.2) is 33.7 Å². The summed E-state index contributed by atoms with van der Waals surface area (Å²) in [4.78, 5) is 4.34. The fourth-order valence-corrected chi connectivity index (χ4v) is 1.44. The molecule has 86 valence electrons. The van der Waals surface area contributed by atoms with E-state index in [2.05, 4.69) is 34.6 Å². The lowest BCUT2D eigenvalue weighted by Crippen LogP contribution is -2.28. The van der Waals surface area contributed by atoms with Gasteiger partial charge in [0.05, 0.1) is 0 Å². The molecule has 0 aromatic carbocycles. The van der Waals surface area contributed by atoms with Crippen LogP contribution in [0.2, 0.25) is 0 Å². The molecule has 5 nitrogen and oxygen atoms in total. The van der Waals surface area contributed by atoms with Crippen molar-refractivity contribution in [2.75, 3.05) is 18.4 Å². The maximum absolute atomic E-state index is 4.34. The van der Waals surface area contributed by atoms with Crippen LogP contribution in [0.3, 0.4) is 0 Å². The van der Waals surface area contributed by atoms with Gasteiger partial charge in [0.2, 0.25) is 5.95 Å². The van der Waals surface area contributed by atoms with Gasteiger partial charge < -0.3 is 10.6 Å². The molecule has 0 saturated carbocycles. The molecule has 2 heterocycles. The van der Waals surface area contributed by atoms with Crippen LogP contribution < -0.4 is 10.6 Å². The summed E-state index contributed by atoms with van der Waals surface area (Å²) < 4.78 is 1.76. The van der Waals surface area contributed by atoms with Crippen molar-refractivity contribution in [3.05, 3.63) is 24.4 Å². The number of pyridine rings is 1. The van der Waals surface area contributed by atoms with Crippen LogP contribution in [0.15, 0.2) is 24.4 Å². The highest BCUT2D eigenvalue weighted by molar-refractivity contribution is 5.42. The van der Waals surface area contributed by atoms with Crippen molar-refractivity contribution in [3.8, 4) is 0 Å². The van der Waals surface area contributed by atoms with Crippen molar-refractivity contribution in [1.29, 1.82) is 0 Å². The Balaban J connectivity index is 1.89. The van der Waals surface area contributed by atoms with Gasteiger partial charge in [0.25, 0.3) is 0 Å². The standard InChI is InChI=1S/C11H17N5/c1-9(2)12-6-7-13-11-14-10-5-3-4-8-16(10)15-11/h3-5,8-9,12H,6-7H2,1-2H3,(H,13,15). The molecule has 2 aromatic rings. The number of rotatable bonds is 5. The topological polar surface area (TPSA) is 54.2 Å². The van der Waals surface area contributed by atoms with E-state index in [0.29, 0.717) is 12.0 Å². The predicted molar refractivity (Wildman–Crippen MR) is 64.6 cm³/mol. The van der Waals surface area contributed by atoms with E-state index in [1.54, 1.807) is 4.52 Å². The fourth-order valence-electron chi connectivity index (χ4n) is 1.44. The Labute approximate surface area is 94.9 Å². The van der Waals surface area contributed by atoms with Crippen LogP contribution in [0.4, 0.5) is 5.95 Å². The molecule has 0 bridgehead atoms. The largest absolute Gasteiger partial charge is 0.352 e. The van der Waals surface area contributed by atoms with Gasteiger partial charge in [-0.15, -0.1) is 5.10 Å². The van der Waals surface area contributed by atoms with E-state index in [1.807, 2.05) is 24.4 Å². The van der Waals surface area contributed by atoms with Crippen LogP contribution in [0.1, 0.15) is 13.8 Å². The molecule has 0 saturated heterocycles. The highest BCUT2D eigenvalue weighted by Crippen LogP contribution is 2.03. The molecule has 0 aliphatic heterocycles. The van der Waals surface area contributed by atoms with E-state index in [-0.39, 0.29) is 0 Å². The monoisotopic (exact) mass is 219 g/mol. The highest BCUT2D eigenvalue weighted by atomic mass is 15.3. The van der Waals surface area contributed by atoms with Crippen LogP contribution in [0.5, 0.6) is 0 Å². The van der Waals surface area contributed by atoms with Crippen LogP contribution in [0.25, 0.3) is 5.65 Å². The first-order valence-electron chi connectivity index (χ1n) is 5.54. The molecule has 0 spiro atoms. The predicted octanol–water partition coefficient (Wildman–Crippen LogP) is 1.14. The Morgan fingerprint density at radius 3 is 2.94 bits per heavy atom. The average molecular weight is 219 g/mol. The number of hydrogen-bond acceptors (Lipinski definition) is 4. The van der Waals surface area contributed by atoms with Gasteiger partial charge in [-0.3, -0.25) is 0 Å². The molecule has 16 heavy (non-hydrogen) atoms. The number of nitrogens with one attached hydrogen (secondary N) is 2. The third-order valence-corrected chi connectivity index (χ3v) is 2.20. The molecule has 0 unspecified atom stereocenters. The molecular formula is C11H17N5. The normalized spacial score (nSPS) is 11.2. The lowest BCUT2D eigenvalue weighted by Gasteiger charge is -2.07. The summed E-state index contributed by atoms with van der Waals surface area (Å²) in [6, 6.07) is 6.33. The lowest BCUT2D eigenvalue weighted by atomic mass is 10.4. The maximum Gasteiger partial charge on any atom is 0.243 e. The molecule has 0 fully saturated rings. The first-order chi connectivity index (χ1) is 7.75. The second-order valence-corrected chi connectivity index (χ2v) is 3.97. The zero-order valence-corrected chi connectivity index (χ0v) is 9.64. The molecule has 0 radical (unpaired) electrons. The molecule has 0 atom stereocenters. The van der Waals surface area contributed by atoms with Crippen LogP contribution in [0, 0.1) is 0 Å². The summed E-state index contributed by atoms with van der Waals surface area (Å²) in [5.41, 5.74) is 0.863. The molecular weight excluding hydrogens is 202 g/mol. The van der Waals surface area contributed by atoms with Gasteiger partial charge in [-0.05, 0) is 12.1 Å². The summed E-state index contributed by atoms with van der Waals surface area (Å²) in [7, 11) is 0. The van der Waals surface area contributed by atoms with Gasteiger partial charge in [-0.2, -0.15) is 4.98 Å². The number of aromatic nitrogens is 3. The number of hydrogen-bond donors (Lipinski definition) is 2. The Morgan fingerprint density at radius 1 is 1.31 bits per heavy atom. The number of fused-ring (bicyclic) bond motifs is 1. The molecule has 2 rings (SSSR count). The van der Waals surface area contributed by atoms with Crippen LogP contribution >= 0.6 is 0 Å². The first-order valence-corrected chi connectivity index (χ1v) is 5.54. The third kappa shape index (κ3) is 2.70. The maximum atomic E-state index is 4.34. The van der Waals surface area contributed by atoms with Gasteiger partial charge in [0.15, 0.2) is 5.65 Å². The minimum atomic E-state index is 0.510. The van der Waals surface area contributed by atoms with Gasteiger partial charge in [-0.25, -0.2) is 4.52 Å².